The van der Waals surface area contributed by atoms with Crippen LogP contribution in [0, 0.1) is 12.3 Å². The van der Waals surface area contributed by atoms with Crippen LogP contribution in [0.4, 0.5) is 0 Å². The highest BCUT2D eigenvalue weighted by Gasteiger charge is 2.24. The molecule has 104 valence electrons. The molecule has 18 heavy (non-hydrogen) atoms. The zero-order chi connectivity index (χ0) is 13.9. The minimum atomic E-state index is 0.178. The molecule has 1 heterocycles. The average Bonchev–Trinajstić information content (AvgIpc) is 2.48. The number of hydrogen-bond donors (Lipinski definition) is 1. The molecule has 0 aliphatic rings. The summed E-state index contributed by atoms with van der Waals surface area (Å²) in [4.78, 5) is 0. The summed E-state index contributed by atoms with van der Waals surface area (Å²) in [6, 6.07) is 0.366. The molecule has 0 radical (unpaired) electrons. The van der Waals surface area contributed by atoms with E-state index < -0.39 is 0 Å². The molecule has 0 aliphatic carbocycles. The van der Waals surface area contributed by atoms with Crippen molar-refractivity contribution in [3.63, 3.8) is 0 Å². The lowest BCUT2D eigenvalue weighted by Crippen LogP contribution is -2.40. The monoisotopic (exact) mass is 291 g/mol. The number of hydrogen-bond acceptors (Lipinski definition) is 2. The van der Waals surface area contributed by atoms with Gasteiger partial charge in [-0.1, -0.05) is 32.4 Å². The quantitative estimate of drug-likeness (QED) is 0.842. The molecule has 0 fully saturated rings. The van der Waals surface area contributed by atoms with Crippen molar-refractivity contribution >= 4 is 23.2 Å². The highest BCUT2D eigenvalue weighted by Crippen LogP contribution is 2.24. The van der Waals surface area contributed by atoms with Gasteiger partial charge in [0.2, 0.25) is 0 Å². The molecule has 1 unspecified atom stereocenters. The largest absolute Gasteiger partial charge is 0.309 e. The summed E-state index contributed by atoms with van der Waals surface area (Å²) in [6.45, 7) is 9.37. The fourth-order valence-corrected chi connectivity index (χ4v) is 2.51. The van der Waals surface area contributed by atoms with Crippen molar-refractivity contribution in [2.45, 2.75) is 46.7 Å². The average molecular weight is 292 g/mol. The van der Waals surface area contributed by atoms with Crippen molar-refractivity contribution in [3.05, 3.63) is 16.4 Å². The summed E-state index contributed by atoms with van der Waals surface area (Å²) in [7, 11) is 1.86. The molecule has 0 aromatic carbocycles. The Morgan fingerprint density at radius 1 is 1.39 bits per heavy atom. The van der Waals surface area contributed by atoms with Crippen LogP contribution in [-0.4, -0.2) is 21.7 Å². The maximum absolute atomic E-state index is 6.22. The van der Waals surface area contributed by atoms with Crippen LogP contribution < -0.4 is 5.32 Å². The molecule has 0 amide bonds. The highest BCUT2D eigenvalue weighted by atomic mass is 35.5. The summed E-state index contributed by atoms with van der Waals surface area (Å²) in [5.41, 5.74) is 2.23. The van der Waals surface area contributed by atoms with Gasteiger partial charge >= 0.3 is 0 Å². The van der Waals surface area contributed by atoms with Crippen LogP contribution in [0.3, 0.4) is 0 Å². The van der Waals surface area contributed by atoms with Gasteiger partial charge in [-0.25, -0.2) is 0 Å². The molecule has 5 heteroatoms. The summed E-state index contributed by atoms with van der Waals surface area (Å²) in [6.07, 6.45) is 0.946. The molecule has 1 aromatic heterocycles. The summed E-state index contributed by atoms with van der Waals surface area (Å²) < 4.78 is 1.71. The van der Waals surface area contributed by atoms with Crippen molar-refractivity contribution in [2.75, 3.05) is 5.88 Å². The Morgan fingerprint density at radius 2 is 2.00 bits per heavy atom. The van der Waals surface area contributed by atoms with Gasteiger partial charge in [-0.15, -0.1) is 11.6 Å². The second-order valence-electron chi connectivity index (χ2n) is 5.76. The minimum absolute atomic E-state index is 0.178. The van der Waals surface area contributed by atoms with E-state index in [1.165, 1.54) is 0 Å². The maximum Gasteiger partial charge on any atom is 0.131 e. The molecule has 0 spiro atoms. The van der Waals surface area contributed by atoms with E-state index in [9.17, 15) is 0 Å². The van der Waals surface area contributed by atoms with E-state index >= 15 is 0 Å². The van der Waals surface area contributed by atoms with Gasteiger partial charge in [0.15, 0.2) is 0 Å². The third-order valence-corrected chi connectivity index (χ3v) is 3.93. The van der Waals surface area contributed by atoms with Gasteiger partial charge in [0.05, 0.1) is 5.69 Å². The van der Waals surface area contributed by atoms with Gasteiger partial charge in [0.1, 0.15) is 5.15 Å². The Balaban J connectivity index is 2.73. The first-order valence-electron chi connectivity index (χ1n) is 6.24. The Morgan fingerprint density at radius 3 is 2.39 bits per heavy atom. The van der Waals surface area contributed by atoms with Crippen LogP contribution in [-0.2, 0) is 13.6 Å². The third kappa shape index (κ3) is 3.87. The zero-order valence-electron chi connectivity index (χ0n) is 11.8. The predicted octanol–water partition coefficient (Wildman–Crippen LogP) is 3.52. The molecular weight excluding hydrogens is 269 g/mol. The molecular formula is C13H23Cl2N3. The second kappa shape index (κ2) is 6.27. The first-order valence-corrected chi connectivity index (χ1v) is 7.16. The fourth-order valence-electron chi connectivity index (χ4n) is 2.05. The van der Waals surface area contributed by atoms with Crippen molar-refractivity contribution in [1.29, 1.82) is 0 Å². The lowest BCUT2D eigenvalue weighted by molar-refractivity contribution is 0.260. The maximum atomic E-state index is 6.22. The van der Waals surface area contributed by atoms with E-state index in [2.05, 4.69) is 31.2 Å². The second-order valence-corrected chi connectivity index (χ2v) is 6.49. The number of aryl methyl sites for hydroxylation is 2. The molecule has 1 rings (SSSR count). The van der Waals surface area contributed by atoms with Gasteiger partial charge in [0, 0.05) is 31.1 Å². The Bertz CT molecular complexity index is 394. The van der Waals surface area contributed by atoms with E-state index in [0.717, 1.165) is 24.2 Å². The molecule has 3 nitrogen and oxygen atoms in total. The molecule has 0 bridgehead atoms. The van der Waals surface area contributed by atoms with Crippen LogP contribution in [0.15, 0.2) is 0 Å². The van der Waals surface area contributed by atoms with Gasteiger partial charge in [-0.3, -0.25) is 4.68 Å². The molecule has 0 aliphatic heterocycles. The highest BCUT2D eigenvalue weighted by molar-refractivity contribution is 6.30. The SMILES string of the molecule is Cc1nn(C)c(Cl)c1CNC(CCCl)C(C)(C)C. The fraction of sp³-hybridized carbons (Fsp3) is 0.769. The van der Waals surface area contributed by atoms with Crippen LogP contribution in [0.25, 0.3) is 0 Å². The van der Waals surface area contributed by atoms with Gasteiger partial charge in [-0.05, 0) is 18.8 Å². The summed E-state index contributed by atoms with van der Waals surface area (Å²) >= 11 is 12.1. The first kappa shape index (κ1) is 15.8. The van der Waals surface area contributed by atoms with Crippen molar-refractivity contribution in [2.24, 2.45) is 12.5 Å². The van der Waals surface area contributed by atoms with E-state index in [1.807, 2.05) is 14.0 Å². The minimum Gasteiger partial charge on any atom is -0.309 e. The van der Waals surface area contributed by atoms with Crippen LogP contribution in [0.5, 0.6) is 0 Å². The van der Waals surface area contributed by atoms with E-state index in [0.29, 0.717) is 17.1 Å². The Hall–Kier alpha value is -0.250. The number of aromatic nitrogens is 2. The van der Waals surface area contributed by atoms with Gasteiger partial charge in [0.25, 0.3) is 0 Å². The van der Waals surface area contributed by atoms with Crippen LogP contribution >= 0.6 is 23.2 Å². The number of halogens is 2. The smallest absolute Gasteiger partial charge is 0.131 e. The molecule has 1 N–H and O–H groups in total. The lowest BCUT2D eigenvalue weighted by Gasteiger charge is -2.31. The van der Waals surface area contributed by atoms with E-state index in [4.69, 9.17) is 23.2 Å². The number of rotatable bonds is 5. The van der Waals surface area contributed by atoms with E-state index in [1.54, 1.807) is 4.68 Å². The number of nitrogens with zero attached hydrogens (tertiary/aromatic N) is 2. The summed E-state index contributed by atoms with van der Waals surface area (Å²) in [5.74, 6) is 0.661. The van der Waals surface area contributed by atoms with Gasteiger partial charge < -0.3 is 5.32 Å². The topological polar surface area (TPSA) is 29.9 Å². The van der Waals surface area contributed by atoms with Crippen molar-refractivity contribution < 1.29 is 0 Å². The molecule has 1 atom stereocenters. The normalized spacial score (nSPS) is 13.9. The zero-order valence-corrected chi connectivity index (χ0v) is 13.4. The molecule has 0 saturated heterocycles. The molecule has 1 aromatic rings. The Labute approximate surface area is 120 Å². The first-order chi connectivity index (χ1) is 8.27. The standard InChI is InChI=1S/C13H23Cl2N3/c1-9-10(12(15)18(5)17-9)8-16-11(6-7-14)13(2,3)4/h11,16H,6-8H2,1-5H3. The van der Waals surface area contributed by atoms with E-state index in [-0.39, 0.29) is 5.41 Å². The lowest BCUT2D eigenvalue weighted by atomic mass is 9.85. The third-order valence-electron chi connectivity index (χ3n) is 3.24. The van der Waals surface area contributed by atoms with Crippen LogP contribution in [0.1, 0.15) is 38.4 Å². The van der Waals surface area contributed by atoms with Crippen molar-refractivity contribution in [3.8, 4) is 0 Å². The number of alkyl halides is 1. The molecule has 0 saturated carbocycles. The predicted molar refractivity (Wildman–Crippen MR) is 78.4 cm³/mol. The van der Waals surface area contributed by atoms with Crippen molar-refractivity contribution in [1.82, 2.24) is 15.1 Å². The Kier molecular flexibility index (Phi) is 5.50. The summed E-state index contributed by atoms with van der Waals surface area (Å²) in [5, 5.41) is 8.57. The van der Waals surface area contributed by atoms with Gasteiger partial charge in [-0.2, -0.15) is 5.10 Å². The van der Waals surface area contributed by atoms with Crippen LogP contribution in [0.2, 0.25) is 5.15 Å². The number of nitrogens with one attached hydrogen (secondary N) is 1.